The van der Waals surface area contributed by atoms with Gasteiger partial charge >= 0.3 is 11.9 Å². The molecule has 3 aromatic carbocycles. The van der Waals surface area contributed by atoms with E-state index in [1.165, 1.54) is 0 Å². The van der Waals surface area contributed by atoms with E-state index in [1.54, 1.807) is 43.3 Å². The first-order valence-electron chi connectivity index (χ1n) is 31.4. The van der Waals surface area contributed by atoms with Gasteiger partial charge in [0, 0.05) is 43.1 Å². The summed E-state index contributed by atoms with van der Waals surface area (Å²) in [5.41, 5.74) is 2.69. The van der Waals surface area contributed by atoms with Crippen LogP contribution >= 0.6 is 0 Å². The van der Waals surface area contributed by atoms with Crippen LogP contribution in [0.2, 0.25) is 0 Å². The van der Waals surface area contributed by atoms with E-state index in [1.807, 2.05) is 44.2 Å². The fourth-order valence-electron chi connectivity index (χ4n) is 14.3. The van der Waals surface area contributed by atoms with E-state index < -0.39 is 89.5 Å². The smallest absolute Gasteiger partial charge is 0.309 e. The molecule has 84 heavy (non-hydrogen) atoms. The third-order valence-electron chi connectivity index (χ3n) is 19.3. The number of fused-ring (bicyclic) bond motifs is 6. The van der Waals surface area contributed by atoms with Crippen LogP contribution in [-0.2, 0) is 48.1 Å². The van der Waals surface area contributed by atoms with Crippen LogP contribution < -0.4 is 10.6 Å². The number of aromatic hydroxyl groups is 1. The van der Waals surface area contributed by atoms with Gasteiger partial charge < -0.3 is 66.8 Å². The maximum Gasteiger partial charge on any atom is 0.309 e. The maximum absolute atomic E-state index is 13.9. The van der Waals surface area contributed by atoms with E-state index in [4.69, 9.17) is 0 Å². The number of aliphatic hydroxyl groups is 8. The van der Waals surface area contributed by atoms with Crippen LogP contribution in [0.3, 0.4) is 0 Å². The lowest BCUT2D eigenvalue weighted by molar-refractivity contribution is -0.151. The monoisotopic (exact) mass is 1160 g/mol. The number of aliphatic carboxylic acids is 2. The lowest BCUT2D eigenvalue weighted by Crippen LogP contribution is -2.66. The molecule has 0 unspecified atom stereocenters. The molecular weight excluding hydrogens is 1060 g/mol. The number of carbonyl (C=O) groups is 2. The van der Waals surface area contributed by atoms with E-state index in [-0.39, 0.29) is 76.2 Å². The summed E-state index contributed by atoms with van der Waals surface area (Å²) in [5.74, 6) is 4.00. The third-order valence-corrected chi connectivity index (χ3v) is 19.3. The number of unbranched alkanes of at least 4 members (excludes halogenated alkanes) is 3. The quantitative estimate of drug-likeness (QED) is 0.0339. The topological polar surface area (TPSA) is 281 Å². The van der Waals surface area contributed by atoms with Crippen molar-refractivity contribution in [2.75, 3.05) is 13.2 Å². The van der Waals surface area contributed by atoms with Crippen molar-refractivity contribution in [3.05, 3.63) is 123 Å². The summed E-state index contributed by atoms with van der Waals surface area (Å²) in [6.45, 7) is 5.23. The number of rotatable bonds is 22. The SMILES string of the molecule is CCCC[C@H](O)[C@H](O)/C=C/C1=C(\C[C@H](O)CO)[C@H]2CC[C@@H](O)[C@@H]3N[C@@H](C)CC[C@H]([C@@H]3CC(=O)O)[C@H](O)Cc3ccc(cc3CC3(C(=O)O)CCCCC3)C[C@@]([C@@](C)(O)Cc3ccc(O)cc3)(CC#Cc3c(CCCCCO)cccc3CC1)N2. The highest BCUT2D eigenvalue weighted by Crippen LogP contribution is 2.44. The molecule has 2 fully saturated rings. The molecule has 3 aromatic rings. The molecule has 0 radical (unpaired) electrons. The molecule has 0 amide bonds. The third kappa shape index (κ3) is 17.4. The Balaban J connectivity index is 1.57. The predicted molar refractivity (Wildman–Crippen MR) is 325 cm³/mol. The van der Waals surface area contributed by atoms with Crippen molar-refractivity contribution in [1.82, 2.24) is 10.6 Å². The van der Waals surface area contributed by atoms with Gasteiger partial charge in [0.15, 0.2) is 0 Å². The lowest BCUT2D eigenvalue weighted by atomic mass is 9.68. The number of aryl methyl sites for hydroxylation is 2. The Labute approximate surface area is 498 Å². The molecule has 1 aliphatic carbocycles. The van der Waals surface area contributed by atoms with Gasteiger partial charge in [-0.2, -0.15) is 0 Å². The van der Waals surface area contributed by atoms with E-state index in [2.05, 4.69) is 28.5 Å². The first-order chi connectivity index (χ1) is 40.2. The molecule has 8 rings (SSSR count). The van der Waals surface area contributed by atoms with Crippen molar-refractivity contribution >= 4 is 11.9 Å². The molecule has 13 N–H and O–H groups in total. The molecule has 15 nitrogen and oxygen atoms in total. The molecule has 0 aromatic heterocycles. The second-order valence-electron chi connectivity index (χ2n) is 25.6. The van der Waals surface area contributed by atoms with Crippen molar-refractivity contribution < 1.29 is 65.8 Å². The fraction of sp³-hybridized carbons (Fsp3) is 0.623. The summed E-state index contributed by atoms with van der Waals surface area (Å²) in [7, 11) is 0. The molecule has 462 valence electrons. The highest BCUT2D eigenvalue weighted by atomic mass is 16.4. The van der Waals surface area contributed by atoms with Crippen LogP contribution in [-0.4, -0.2) is 141 Å². The summed E-state index contributed by atoms with van der Waals surface area (Å²) >= 11 is 0. The van der Waals surface area contributed by atoms with Crippen LogP contribution in [0.1, 0.15) is 182 Å². The zero-order valence-electron chi connectivity index (χ0n) is 50.0. The summed E-state index contributed by atoms with van der Waals surface area (Å²) < 4.78 is 0. The normalized spacial score (nSPS) is 27.8. The van der Waals surface area contributed by atoms with Crippen LogP contribution in [0, 0.1) is 29.1 Å². The standard InChI is InChI=1S/C69H98N2O13/c1-4-5-18-60(76)61(77)31-26-50-25-24-49-16-12-15-48(14-8-6-11-36-72)55(49)17-13-35-69(67(3,84)41-46-21-27-53(74)28-22-46)42-47-20-23-51(52(37-47)43-68(66(82)83)33-9-7-10-34-68)38-63(79)56-29-19-45(2)70-65(58(56)40-64(80)81)62(78)32-30-59(71-69)57(50)39-54(75)44-73/h12,15-16,20-23,26-28,31,37,45,54,56,58-63,65,70-79,84H,4-11,14,18-19,24-25,29-30,32-36,38-44H2,1-3H3,(H,80,81)(H,82,83)/b31-26+,57-50+/t45-,54-,56+,58-,59+,60-,61+,62+,63+,65+,67-,69+/m0/s1. The average molecular weight is 1160 g/mol. The average Bonchev–Trinajstić information content (AvgIpc) is 1.70. The molecule has 1 saturated heterocycles. The zero-order valence-corrected chi connectivity index (χ0v) is 50.0. The lowest BCUT2D eigenvalue weighted by Gasteiger charge is -2.49. The molecule has 5 aliphatic rings. The first kappa shape index (κ1) is 66.6. The number of nitrogens with one attached hydrogen (secondary N) is 2. The molecule has 15 heteroatoms. The van der Waals surface area contributed by atoms with Crippen LogP contribution in [0.25, 0.3) is 0 Å². The van der Waals surface area contributed by atoms with Gasteiger partial charge in [-0.05, 0) is 185 Å². The van der Waals surface area contributed by atoms with Gasteiger partial charge in [-0.25, -0.2) is 0 Å². The Bertz CT molecular complexity index is 2740. The van der Waals surface area contributed by atoms with Gasteiger partial charge in [-0.15, -0.1) is 0 Å². The van der Waals surface area contributed by atoms with Gasteiger partial charge in [0.1, 0.15) is 5.75 Å². The number of hydrogen-bond donors (Lipinski definition) is 13. The Hall–Kier alpha value is -4.96. The number of hydrogen-bond acceptors (Lipinski definition) is 13. The predicted octanol–water partition coefficient (Wildman–Crippen LogP) is 7.71. The minimum absolute atomic E-state index is 0.0116. The van der Waals surface area contributed by atoms with Gasteiger partial charge in [0.2, 0.25) is 0 Å². The molecule has 0 spiro atoms. The number of allylic oxidation sites excluding steroid dienone is 2. The van der Waals surface area contributed by atoms with Crippen LogP contribution in [0.4, 0.5) is 0 Å². The van der Waals surface area contributed by atoms with E-state index in [0.29, 0.717) is 80.9 Å². The number of phenols is 1. The molecule has 4 heterocycles. The van der Waals surface area contributed by atoms with E-state index in [0.717, 1.165) is 71.9 Å². The number of benzene rings is 3. The molecule has 6 bridgehead atoms. The highest BCUT2D eigenvalue weighted by molar-refractivity contribution is 5.75. The Morgan fingerprint density at radius 2 is 1.63 bits per heavy atom. The number of aliphatic hydroxyl groups excluding tert-OH is 7. The summed E-state index contributed by atoms with van der Waals surface area (Å²) in [6, 6.07) is 16.9. The fourth-order valence-corrected chi connectivity index (χ4v) is 14.3. The van der Waals surface area contributed by atoms with E-state index >= 15 is 0 Å². The second kappa shape index (κ2) is 31.1. The molecule has 4 aliphatic heterocycles. The second-order valence-corrected chi connectivity index (χ2v) is 25.6. The van der Waals surface area contributed by atoms with Crippen LogP contribution in [0.15, 0.2) is 84.0 Å². The van der Waals surface area contributed by atoms with E-state index in [9.17, 15) is 65.8 Å². The molecule has 1 saturated carbocycles. The Kier molecular flexibility index (Phi) is 24.6. The first-order valence-corrected chi connectivity index (χ1v) is 31.4. The summed E-state index contributed by atoms with van der Waals surface area (Å²) in [5, 5.41) is 134. The zero-order chi connectivity index (χ0) is 60.6. The van der Waals surface area contributed by atoms with Crippen molar-refractivity contribution in [3.8, 4) is 17.6 Å². The van der Waals surface area contributed by atoms with Gasteiger partial charge in [0.05, 0.1) is 60.1 Å². The van der Waals surface area contributed by atoms with Crippen molar-refractivity contribution in [3.63, 3.8) is 0 Å². The highest BCUT2D eigenvalue weighted by Gasteiger charge is 2.50. The van der Waals surface area contributed by atoms with Crippen molar-refractivity contribution in [2.45, 2.75) is 241 Å². The minimum atomic E-state index is -1.74. The number of carboxylic acid groups (broad SMARTS) is 2. The number of phenolic OH excluding ortho intramolecular Hbond substituents is 1. The minimum Gasteiger partial charge on any atom is -0.508 e. The number of carboxylic acids is 2. The van der Waals surface area contributed by atoms with Gasteiger partial charge in [-0.1, -0.05) is 118 Å². The van der Waals surface area contributed by atoms with Crippen molar-refractivity contribution in [1.29, 1.82) is 0 Å². The van der Waals surface area contributed by atoms with Gasteiger partial charge in [0.25, 0.3) is 0 Å². The largest absolute Gasteiger partial charge is 0.508 e. The van der Waals surface area contributed by atoms with Crippen molar-refractivity contribution in [2.24, 2.45) is 17.3 Å². The molecule has 12 atom stereocenters. The summed E-state index contributed by atoms with van der Waals surface area (Å²) in [4.78, 5) is 26.6. The Morgan fingerprint density at radius 1 is 0.869 bits per heavy atom. The maximum atomic E-state index is 13.9. The van der Waals surface area contributed by atoms with Gasteiger partial charge in [-0.3, -0.25) is 9.59 Å². The van der Waals surface area contributed by atoms with Crippen LogP contribution in [0.5, 0.6) is 5.75 Å². The summed E-state index contributed by atoms with van der Waals surface area (Å²) in [6.07, 6.45) is 7.70. The Morgan fingerprint density at radius 3 is 2.33 bits per heavy atom. The molecular formula is C69H98N2O13.